The number of carbonyl (C=O) groups excluding carboxylic acids is 1. The molecule has 0 saturated carbocycles. The molecule has 3 nitrogen and oxygen atoms in total. The maximum atomic E-state index is 11.7. The number of carbonyl (C=O) groups is 1. The van der Waals surface area contributed by atoms with Gasteiger partial charge in [0.05, 0.1) is 6.61 Å². The van der Waals surface area contributed by atoms with Gasteiger partial charge in [-0.25, -0.2) is 4.79 Å². The second kappa shape index (κ2) is 12.2. The van der Waals surface area contributed by atoms with E-state index < -0.39 is 0 Å². The normalized spacial score (nSPS) is 11.6. The summed E-state index contributed by atoms with van der Waals surface area (Å²) < 4.78 is 0. The molecule has 0 rings (SSSR count). The fraction of sp³-hybridized carbons (Fsp3) is 0.941. The molecule has 0 aromatic carbocycles. The smallest absolute Gasteiger partial charge is 0.298 e. The molecule has 0 aliphatic rings. The molecule has 0 aliphatic heterocycles. The lowest BCUT2D eigenvalue weighted by Gasteiger charge is -2.29. The molecule has 0 atom stereocenters. The van der Waals surface area contributed by atoms with Crippen molar-refractivity contribution in [1.82, 2.24) is 0 Å². The third kappa shape index (κ3) is 10.2. The Bertz CT molecular complexity index is 230. The predicted octanol–water partition coefficient (Wildman–Crippen LogP) is 5.43. The quantitative estimate of drug-likeness (QED) is 0.257. The number of hydrogen-bond acceptors (Lipinski definition) is 3. The summed E-state index contributed by atoms with van der Waals surface area (Å²) in [7, 11) is 0. The Morgan fingerprint density at radius 2 is 1.45 bits per heavy atom. The van der Waals surface area contributed by atoms with Crippen LogP contribution in [0.1, 0.15) is 91.9 Å². The summed E-state index contributed by atoms with van der Waals surface area (Å²) in [4.78, 5) is 21.4. The molecule has 120 valence electrons. The highest BCUT2D eigenvalue weighted by atomic mass is 17.2. The summed E-state index contributed by atoms with van der Waals surface area (Å²) >= 11 is 0. The van der Waals surface area contributed by atoms with Crippen molar-refractivity contribution < 1.29 is 14.6 Å². The van der Waals surface area contributed by atoms with Crippen LogP contribution in [0, 0.1) is 5.41 Å². The average molecular weight is 286 g/mol. The van der Waals surface area contributed by atoms with Crippen LogP contribution < -0.4 is 0 Å². The molecular weight excluding hydrogens is 252 g/mol. The summed E-state index contributed by atoms with van der Waals surface area (Å²) in [5.41, 5.74) is 0.272. The van der Waals surface area contributed by atoms with Gasteiger partial charge in [0.2, 0.25) is 0 Å². The predicted molar refractivity (Wildman–Crippen MR) is 83.3 cm³/mol. The topological polar surface area (TPSA) is 35.5 Å². The largest absolute Gasteiger partial charge is 0.342 e. The van der Waals surface area contributed by atoms with Gasteiger partial charge < -0.3 is 0 Å². The molecule has 0 spiro atoms. The van der Waals surface area contributed by atoms with Gasteiger partial charge in [0, 0.05) is 6.42 Å². The monoisotopic (exact) mass is 286 g/mol. The molecule has 0 aromatic rings. The van der Waals surface area contributed by atoms with E-state index in [2.05, 4.69) is 27.7 Å². The molecule has 0 aliphatic carbocycles. The van der Waals surface area contributed by atoms with E-state index in [0.717, 1.165) is 19.3 Å². The van der Waals surface area contributed by atoms with Crippen molar-refractivity contribution in [3.8, 4) is 0 Å². The molecule has 0 fully saturated rings. The van der Waals surface area contributed by atoms with E-state index in [1.54, 1.807) is 0 Å². The standard InChI is InChI=1S/C17H34O3/c1-5-8-12-17(4,13-9-6-2)14-11-16(18)20-19-15-10-7-3/h5-15H2,1-4H3. The van der Waals surface area contributed by atoms with Gasteiger partial charge in [0.1, 0.15) is 0 Å². The van der Waals surface area contributed by atoms with Crippen LogP contribution in [-0.4, -0.2) is 12.6 Å². The first kappa shape index (κ1) is 19.4. The van der Waals surface area contributed by atoms with Crippen LogP contribution in [-0.2, 0) is 14.6 Å². The number of hydrogen-bond donors (Lipinski definition) is 0. The Kier molecular flexibility index (Phi) is 11.8. The fourth-order valence-electron chi connectivity index (χ4n) is 2.34. The molecule has 20 heavy (non-hydrogen) atoms. The van der Waals surface area contributed by atoms with E-state index in [0.29, 0.717) is 13.0 Å². The summed E-state index contributed by atoms with van der Waals surface area (Å²) in [5.74, 6) is -0.222. The van der Waals surface area contributed by atoms with Crippen LogP contribution in [0.2, 0.25) is 0 Å². The van der Waals surface area contributed by atoms with Crippen molar-refractivity contribution in [3.05, 3.63) is 0 Å². The summed E-state index contributed by atoms with van der Waals surface area (Å²) in [6, 6.07) is 0. The summed E-state index contributed by atoms with van der Waals surface area (Å²) in [6.45, 7) is 9.33. The second-order valence-electron chi connectivity index (χ2n) is 6.15. The van der Waals surface area contributed by atoms with Crippen LogP contribution >= 0.6 is 0 Å². The van der Waals surface area contributed by atoms with Crippen molar-refractivity contribution in [2.45, 2.75) is 91.9 Å². The summed E-state index contributed by atoms with van der Waals surface area (Å²) in [5, 5.41) is 0. The Morgan fingerprint density at radius 1 is 0.900 bits per heavy atom. The van der Waals surface area contributed by atoms with Crippen molar-refractivity contribution in [2.75, 3.05) is 6.61 Å². The van der Waals surface area contributed by atoms with E-state index in [-0.39, 0.29) is 11.4 Å². The molecule has 0 N–H and O–H groups in total. The van der Waals surface area contributed by atoms with Crippen LogP contribution in [0.15, 0.2) is 0 Å². The number of unbranched alkanes of at least 4 members (excludes halogenated alkanes) is 3. The molecule has 0 heterocycles. The molecule has 0 aromatic heterocycles. The van der Waals surface area contributed by atoms with Crippen LogP contribution in [0.25, 0.3) is 0 Å². The van der Waals surface area contributed by atoms with E-state index in [1.807, 2.05) is 0 Å². The van der Waals surface area contributed by atoms with E-state index in [1.165, 1.54) is 38.5 Å². The zero-order chi connectivity index (χ0) is 15.3. The van der Waals surface area contributed by atoms with Crippen LogP contribution in [0.5, 0.6) is 0 Å². The first-order valence-corrected chi connectivity index (χ1v) is 8.40. The van der Waals surface area contributed by atoms with E-state index in [9.17, 15) is 4.79 Å². The average Bonchev–Trinajstić information content (AvgIpc) is 2.46. The molecule has 0 radical (unpaired) electrons. The van der Waals surface area contributed by atoms with Crippen molar-refractivity contribution in [2.24, 2.45) is 5.41 Å². The third-order valence-electron chi connectivity index (χ3n) is 3.93. The lowest BCUT2D eigenvalue weighted by Crippen LogP contribution is -2.19. The van der Waals surface area contributed by atoms with Crippen molar-refractivity contribution in [3.63, 3.8) is 0 Å². The van der Waals surface area contributed by atoms with Crippen LogP contribution in [0.3, 0.4) is 0 Å². The van der Waals surface area contributed by atoms with Gasteiger partial charge in [-0.1, -0.05) is 59.8 Å². The Balaban J connectivity index is 4.00. The Hall–Kier alpha value is -0.570. The minimum atomic E-state index is -0.222. The molecule has 0 amide bonds. The maximum absolute atomic E-state index is 11.7. The maximum Gasteiger partial charge on any atom is 0.342 e. The highest BCUT2D eigenvalue weighted by Crippen LogP contribution is 2.35. The lowest BCUT2D eigenvalue weighted by atomic mass is 9.76. The number of rotatable bonds is 13. The first-order chi connectivity index (χ1) is 9.58. The molecular formula is C17H34O3. The van der Waals surface area contributed by atoms with E-state index in [4.69, 9.17) is 9.78 Å². The minimum absolute atomic E-state index is 0.222. The van der Waals surface area contributed by atoms with Gasteiger partial charge in [-0.05, 0) is 31.1 Å². The van der Waals surface area contributed by atoms with Gasteiger partial charge in [-0.2, -0.15) is 4.89 Å². The molecule has 0 saturated heterocycles. The highest BCUT2D eigenvalue weighted by molar-refractivity contribution is 5.68. The van der Waals surface area contributed by atoms with Crippen molar-refractivity contribution >= 4 is 5.97 Å². The van der Waals surface area contributed by atoms with Gasteiger partial charge in [0.15, 0.2) is 0 Å². The van der Waals surface area contributed by atoms with Gasteiger partial charge in [-0.15, -0.1) is 0 Å². The SMILES string of the molecule is CCCCOOC(=O)CCC(C)(CCCC)CCCC. The highest BCUT2D eigenvalue weighted by Gasteiger charge is 2.24. The minimum Gasteiger partial charge on any atom is -0.298 e. The fourth-order valence-corrected chi connectivity index (χ4v) is 2.34. The Morgan fingerprint density at radius 3 is 1.95 bits per heavy atom. The van der Waals surface area contributed by atoms with E-state index >= 15 is 0 Å². The Labute approximate surface area is 125 Å². The molecule has 0 bridgehead atoms. The van der Waals surface area contributed by atoms with Crippen molar-refractivity contribution in [1.29, 1.82) is 0 Å². The lowest BCUT2D eigenvalue weighted by molar-refractivity contribution is -0.273. The zero-order valence-corrected chi connectivity index (χ0v) is 14.0. The first-order valence-electron chi connectivity index (χ1n) is 8.40. The van der Waals surface area contributed by atoms with Gasteiger partial charge in [-0.3, -0.25) is 4.89 Å². The van der Waals surface area contributed by atoms with Gasteiger partial charge >= 0.3 is 5.97 Å². The van der Waals surface area contributed by atoms with Gasteiger partial charge in [0.25, 0.3) is 0 Å². The molecule has 3 heteroatoms. The molecule has 0 unspecified atom stereocenters. The zero-order valence-electron chi connectivity index (χ0n) is 14.0. The second-order valence-corrected chi connectivity index (χ2v) is 6.15. The van der Waals surface area contributed by atoms with Crippen LogP contribution in [0.4, 0.5) is 0 Å². The summed E-state index contributed by atoms with van der Waals surface area (Å²) in [6.07, 6.45) is 10.7. The third-order valence-corrected chi connectivity index (χ3v) is 3.93.